The van der Waals surface area contributed by atoms with Crippen molar-refractivity contribution in [1.29, 1.82) is 0 Å². The average Bonchev–Trinajstić information content (AvgIpc) is 2.73. The molecular weight excluding hydrogens is 276 g/mol. The lowest BCUT2D eigenvalue weighted by Crippen LogP contribution is -2.32. The third-order valence-corrected chi connectivity index (χ3v) is 3.83. The topological polar surface area (TPSA) is 83.8 Å². The summed E-state index contributed by atoms with van der Waals surface area (Å²) < 4.78 is 0. The summed E-state index contributed by atoms with van der Waals surface area (Å²) in [6.45, 7) is 9.95. The number of aryl methyl sites for hydroxylation is 4. The number of imidazole rings is 1. The standard InChI is InChI=1S/C17H24N4O/c1-9-6-10(2)14(11(3)7-9)8-15-13(5)19-17(20-15)21-16(22)12(4)18/h6-7,12H,8,18H2,1-5H3,(H2,19,20,21,22). The van der Waals surface area contributed by atoms with Gasteiger partial charge in [0, 0.05) is 12.1 Å². The Morgan fingerprint density at radius 3 is 2.41 bits per heavy atom. The van der Waals surface area contributed by atoms with Gasteiger partial charge in [-0.3, -0.25) is 10.1 Å². The molecule has 0 saturated carbocycles. The van der Waals surface area contributed by atoms with Crippen molar-refractivity contribution >= 4 is 11.9 Å². The number of aromatic nitrogens is 2. The Bertz CT molecular complexity index is 678. The molecular formula is C17H24N4O. The summed E-state index contributed by atoms with van der Waals surface area (Å²) in [5.74, 6) is 0.209. The summed E-state index contributed by atoms with van der Waals surface area (Å²) in [5.41, 5.74) is 12.5. The van der Waals surface area contributed by atoms with Crippen LogP contribution in [0.3, 0.4) is 0 Å². The Kier molecular flexibility index (Phi) is 4.66. The summed E-state index contributed by atoms with van der Waals surface area (Å²) in [5, 5.41) is 2.70. The highest BCUT2D eigenvalue weighted by Gasteiger charge is 2.14. The molecule has 1 aromatic carbocycles. The monoisotopic (exact) mass is 300 g/mol. The number of carbonyl (C=O) groups excluding carboxylic acids is 1. The van der Waals surface area contributed by atoms with Crippen molar-refractivity contribution in [3.63, 3.8) is 0 Å². The largest absolute Gasteiger partial charge is 0.328 e. The number of aromatic amines is 1. The Labute approximate surface area is 131 Å². The van der Waals surface area contributed by atoms with Gasteiger partial charge in [0.05, 0.1) is 11.7 Å². The van der Waals surface area contributed by atoms with Gasteiger partial charge in [-0.25, -0.2) is 4.98 Å². The van der Waals surface area contributed by atoms with Crippen molar-refractivity contribution in [2.24, 2.45) is 5.73 Å². The van der Waals surface area contributed by atoms with Crippen LogP contribution in [0.2, 0.25) is 0 Å². The van der Waals surface area contributed by atoms with E-state index >= 15 is 0 Å². The Morgan fingerprint density at radius 2 is 1.86 bits per heavy atom. The van der Waals surface area contributed by atoms with Gasteiger partial charge in [0.15, 0.2) is 0 Å². The number of nitrogens with one attached hydrogen (secondary N) is 2. The molecule has 118 valence electrons. The summed E-state index contributed by atoms with van der Waals surface area (Å²) in [6.07, 6.45) is 0.744. The molecule has 1 atom stereocenters. The fourth-order valence-electron chi connectivity index (χ4n) is 2.61. The maximum absolute atomic E-state index is 11.6. The van der Waals surface area contributed by atoms with E-state index in [-0.39, 0.29) is 5.91 Å². The molecule has 4 N–H and O–H groups in total. The van der Waals surface area contributed by atoms with Crippen molar-refractivity contribution in [3.05, 3.63) is 45.8 Å². The fraction of sp³-hybridized carbons (Fsp3) is 0.412. The molecule has 5 heteroatoms. The van der Waals surface area contributed by atoms with Gasteiger partial charge in [-0.15, -0.1) is 0 Å². The minimum Gasteiger partial charge on any atom is -0.328 e. The number of hydrogen-bond donors (Lipinski definition) is 3. The van der Waals surface area contributed by atoms with Crippen LogP contribution in [0.15, 0.2) is 12.1 Å². The molecule has 0 bridgehead atoms. The summed E-state index contributed by atoms with van der Waals surface area (Å²) in [6, 6.07) is 3.81. The van der Waals surface area contributed by atoms with E-state index < -0.39 is 6.04 Å². The minimum atomic E-state index is -0.560. The zero-order valence-electron chi connectivity index (χ0n) is 13.9. The number of amides is 1. The van der Waals surface area contributed by atoms with Crippen molar-refractivity contribution < 1.29 is 4.79 Å². The van der Waals surface area contributed by atoms with Gasteiger partial charge in [-0.1, -0.05) is 17.7 Å². The number of nitrogens with zero attached hydrogens (tertiary/aromatic N) is 1. The molecule has 0 aliphatic carbocycles. The molecule has 2 aromatic rings. The van der Waals surface area contributed by atoms with Crippen LogP contribution in [-0.2, 0) is 11.2 Å². The number of carbonyl (C=O) groups is 1. The van der Waals surface area contributed by atoms with Crippen LogP contribution in [-0.4, -0.2) is 21.9 Å². The van der Waals surface area contributed by atoms with Crippen molar-refractivity contribution in [2.45, 2.75) is 47.1 Å². The summed E-state index contributed by atoms with van der Waals surface area (Å²) >= 11 is 0. The van der Waals surface area contributed by atoms with Crippen LogP contribution >= 0.6 is 0 Å². The van der Waals surface area contributed by atoms with Crippen LogP contribution in [0.5, 0.6) is 0 Å². The van der Waals surface area contributed by atoms with E-state index in [1.54, 1.807) is 6.92 Å². The molecule has 0 spiro atoms. The first-order valence-electron chi connectivity index (χ1n) is 7.46. The van der Waals surface area contributed by atoms with E-state index in [4.69, 9.17) is 5.73 Å². The first-order valence-corrected chi connectivity index (χ1v) is 7.46. The lowest BCUT2D eigenvalue weighted by atomic mass is 9.96. The van der Waals surface area contributed by atoms with Gasteiger partial charge >= 0.3 is 0 Å². The molecule has 1 unspecified atom stereocenters. The van der Waals surface area contributed by atoms with Gasteiger partial charge in [-0.05, 0) is 51.3 Å². The predicted molar refractivity (Wildman–Crippen MR) is 89.1 cm³/mol. The Balaban J connectivity index is 2.24. The van der Waals surface area contributed by atoms with E-state index in [0.29, 0.717) is 5.95 Å². The van der Waals surface area contributed by atoms with E-state index in [2.05, 4.69) is 48.2 Å². The van der Waals surface area contributed by atoms with Gasteiger partial charge in [0.1, 0.15) is 0 Å². The number of benzene rings is 1. The van der Waals surface area contributed by atoms with Crippen molar-refractivity contribution in [1.82, 2.24) is 9.97 Å². The molecule has 0 fully saturated rings. The van der Waals surface area contributed by atoms with Crippen LogP contribution < -0.4 is 11.1 Å². The van der Waals surface area contributed by atoms with Crippen molar-refractivity contribution in [2.75, 3.05) is 5.32 Å². The van der Waals surface area contributed by atoms with E-state index in [1.807, 2.05) is 6.92 Å². The summed E-state index contributed by atoms with van der Waals surface area (Å²) in [4.78, 5) is 19.2. The number of H-pyrrole nitrogens is 1. The third kappa shape index (κ3) is 3.54. The predicted octanol–water partition coefficient (Wildman–Crippen LogP) is 2.52. The van der Waals surface area contributed by atoms with Crippen molar-refractivity contribution in [3.8, 4) is 0 Å². The second kappa shape index (κ2) is 6.32. The number of rotatable bonds is 4. The second-order valence-electron chi connectivity index (χ2n) is 5.99. The molecule has 0 saturated heterocycles. The average molecular weight is 300 g/mol. The molecule has 22 heavy (non-hydrogen) atoms. The Hall–Kier alpha value is -2.14. The molecule has 1 heterocycles. The summed E-state index contributed by atoms with van der Waals surface area (Å²) in [7, 11) is 0. The lowest BCUT2D eigenvalue weighted by Gasteiger charge is -2.10. The normalized spacial score (nSPS) is 12.3. The SMILES string of the molecule is Cc1cc(C)c(Cc2nc(NC(=O)C(C)N)[nH]c2C)c(C)c1. The first-order chi connectivity index (χ1) is 10.3. The lowest BCUT2D eigenvalue weighted by molar-refractivity contribution is -0.117. The fourth-order valence-corrected chi connectivity index (χ4v) is 2.61. The second-order valence-corrected chi connectivity index (χ2v) is 5.99. The van der Waals surface area contributed by atoms with Crippen LogP contribution in [0.25, 0.3) is 0 Å². The van der Waals surface area contributed by atoms with Gasteiger partial charge in [-0.2, -0.15) is 0 Å². The molecule has 1 amide bonds. The van der Waals surface area contributed by atoms with E-state index in [1.165, 1.54) is 22.3 Å². The zero-order valence-corrected chi connectivity index (χ0v) is 13.9. The first kappa shape index (κ1) is 16.2. The molecule has 1 aromatic heterocycles. The van der Waals surface area contributed by atoms with Crippen LogP contribution in [0.4, 0.5) is 5.95 Å². The van der Waals surface area contributed by atoms with Crippen LogP contribution in [0.1, 0.15) is 40.6 Å². The zero-order chi connectivity index (χ0) is 16.4. The molecule has 0 aliphatic heterocycles. The third-order valence-electron chi connectivity index (χ3n) is 3.83. The minimum absolute atomic E-state index is 0.247. The van der Waals surface area contributed by atoms with Gasteiger partial charge < -0.3 is 10.7 Å². The van der Waals surface area contributed by atoms with E-state index in [0.717, 1.165) is 17.8 Å². The molecule has 2 rings (SSSR count). The molecule has 5 nitrogen and oxygen atoms in total. The smallest absolute Gasteiger partial charge is 0.243 e. The quantitative estimate of drug-likeness (QED) is 0.811. The van der Waals surface area contributed by atoms with Gasteiger partial charge in [0.25, 0.3) is 0 Å². The highest BCUT2D eigenvalue weighted by Crippen LogP contribution is 2.21. The molecule has 0 aliphatic rings. The molecule has 0 radical (unpaired) electrons. The highest BCUT2D eigenvalue weighted by molar-refractivity contribution is 5.92. The number of nitrogens with two attached hydrogens (primary N) is 1. The van der Waals surface area contributed by atoms with E-state index in [9.17, 15) is 4.79 Å². The highest BCUT2D eigenvalue weighted by atomic mass is 16.2. The van der Waals surface area contributed by atoms with Crippen LogP contribution in [0, 0.1) is 27.7 Å². The maximum atomic E-state index is 11.6. The number of hydrogen-bond acceptors (Lipinski definition) is 3. The number of anilines is 1. The van der Waals surface area contributed by atoms with Gasteiger partial charge in [0.2, 0.25) is 11.9 Å². The maximum Gasteiger partial charge on any atom is 0.243 e. The Morgan fingerprint density at radius 1 is 1.27 bits per heavy atom.